The van der Waals surface area contributed by atoms with E-state index in [1.807, 2.05) is 81.4 Å². The predicted octanol–water partition coefficient (Wildman–Crippen LogP) is 5.08. The first-order chi connectivity index (χ1) is 24.5. The molecule has 0 aliphatic carbocycles. The largest absolute Gasteiger partial charge is 0.455 e. The van der Waals surface area contributed by atoms with E-state index in [4.69, 9.17) is 9.47 Å². The van der Waals surface area contributed by atoms with E-state index in [-0.39, 0.29) is 43.2 Å². The number of hydrogen-bond donors (Lipinski definition) is 1. The minimum Gasteiger partial charge on any atom is -0.455 e. The molecule has 3 aliphatic heterocycles. The summed E-state index contributed by atoms with van der Waals surface area (Å²) in [5, 5.41) is 10.7. The number of fused-ring (bicyclic) bond motifs is 1. The number of rotatable bonds is 17. The number of likely N-dealkylation sites (N-methyl/N-ethyl adjacent to an activating group) is 1. The molecule has 1 N–H and O–H groups in total. The van der Waals surface area contributed by atoms with E-state index < -0.39 is 53.7 Å². The number of benzene rings is 2. The molecule has 0 unspecified atom stereocenters. The maximum absolute atomic E-state index is 14.9. The van der Waals surface area contributed by atoms with Crippen molar-refractivity contribution in [1.29, 1.82) is 0 Å². The number of ether oxygens (including phenoxy) is 2. The predicted molar refractivity (Wildman–Crippen MR) is 194 cm³/mol. The Morgan fingerprint density at radius 3 is 2.35 bits per heavy atom. The summed E-state index contributed by atoms with van der Waals surface area (Å²) in [6, 6.07) is 16.6. The first-order valence-electron chi connectivity index (χ1n) is 18.2. The van der Waals surface area contributed by atoms with Crippen molar-refractivity contribution in [1.82, 2.24) is 14.7 Å². The first kappa shape index (κ1) is 38.0. The third kappa shape index (κ3) is 7.26. The zero-order valence-corrected chi connectivity index (χ0v) is 30.4. The SMILES string of the molecule is C=CCCC(=O)N(C)[C@H](C)[C@H](OC(=O)[C@@H]1[C@H]2C(=O)N([C@@H](CO)[C@@H](C)CC)[C@H](C(=O)N(CC=C)Cc3ccccc3)[C@]23CC[C@H]1O3)c1ccccc1. The van der Waals surface area contributed by atoms with Crippen LogP contribution in [0.25, 0.3) is 0 Å². The van der Waals surface area contributed by atoms with Gasteiger partial charge in [0.2, 0.25) is 17.7 Å². The van der Waals surface area contributed by atoms with Gasteiger partial charge in [-0.3, -0.25) is 19.2 Å². The number of aliphatic hydroxyl groups excluding tert-OH is 1. The van der Waals surface area contributed by atoms with Crippen LogP contribution in [0.4, 0.5) is 0 Å². The first-order valence-corrected chi connectivity index (χ1v) is 18.2. The Hall–Kier alpha value is -4.28. The highest BCUT2D eigenvalue weighted by Crippen LogP contribution is 2.59. The van der Waals surface area contributed by atoms with Crippen molar-refractivity contribution in [2.75, 3.05) is 20.2 Å². The Morgan fingerprint density at radius 2 is 1.75 bits per heavy atom. The second-order valence-electron chi connectivity index (χ2n) is 14.3. The molecule has 10 heteroatoms. The fourth-order valence-electron chi connectivity index (χ4n) is 8.30. The average Bonchev–Trinajstić information content (AvgIpc) is 3.80. The highest BCUT2D eigenvalue weighted by molar-refractivity contribution is 5.98. The van der Waals surface area contributed by atoms with E-state index in [0.29, 0.717) is 37.8 Å². The fraction of sp³-hybridized carbons (Fsp3) is 0.512. The van der Waals surface area contributed by atoms with Crippen LogP contribution >= 0.6 is 0 Å². The molecule has 2 aromatic carbocycles. The number of likely N-dealkylation sites (tertiary alicyclic amines) is 1. The van der Waals surface area contributed by atoms with Gasteiger partial charge in [-0.1, -0.05) is 93.1 Å². The lowest BCUT2D eigenvalue weighted by molar-refractivity contribution is -0.165. The van der Waals surface area contributed by atoms with Gasteiger partial charge in [-0.05, 0) is 43.2 Å². The number of nitrogens with zero attached hydrogens (tertiary/aromatic N) is 3. The minimum absolute atomic E-state index is 0.107. The molecule has 9 atom stereocenters. The van der Waals surface area contributed by atoms with Gasteiger partial charge < -0.3 is 29.3 Å². The van der Waals surface area contributed by atoms with Crippen molar-refractivity contribution in [2.24, 2.45) is 17.8 Å². The summed E-state index contributed by atoms with van der Waals surface area (Å²) >= 11 is 0. The third-order valence-corrected chi connectivity index (χ3v) is 11.3. The quantitative estimate of drug-likeness (QED) is 0.181. The molecule has 274 valence electrons. The molecule has 51 heavy (non-hydrogen) atoms. The van der Waals surface area contributed by atoms with Gasteiger partial charge in [-0.2, -0.15) is 0 Å². The molecule has 0 aromatic heterocycles. The molecule has 3 fully saturated rings. The smallest absolute Gasteiger partial charge is 0.313 e. The lowest BCUT2D eigenvalue weighted by Gasteiger charge is -2.41. The maximum Gasteiger partial charge on any atom is 0.313 e. The third-order valence-electron chi connectivity index (χ3n) is 11.3. The summed E-state index contributed by atoms with van der Waals surface area (Å²) in [6.45, 7) is 13.6. The molecular weight excluding hydrogens is 646 g/mol. The van der Waals surface area contributed by atoms with E-state index in [1.165, 1.54) is 4.90 Å². The van der Waals surface area contributed by atoms with Crippen LogP contribution in [0.15, 0.2) is 86.0 Å². The zero-order valence-electron chi connectivity index (χ0n) is 30.4. The molecule has 3 aliphatic rings. The van der Waals surface area contributed by atoms with Crippen molar-refractivity contribution in [2.45, 2.75) is 95.4 Å². The van der Waals surface area contributed by atoms with E-state index in [2.05, 4.69) is 13.2 Å². The number of allylic oxidation sites excluding steroid dienone is 1. The van der Waals surface area contributed by atoms with Gasteiger partial charge in [0.1, 0.15) is 17.7 Å². The molecule has 5 rings (SSSR count). The van der Waals surface area contributed by atoms with Crippen molar-refractivity contribution >= 4 is 23.7 Å². The Bertz CT molecular complexity index is 1570. The normalized spacial score (nSPS) is 25.7. The summed E-state index contributed by atoms with van der Waals surface area (Å²) in [5.41, 5.74) is 0.363. The van der Waals surface area contributed by atoms with Crippen LogP contribution in [0.2, 0.25) is 0 Å². The van der Waals surface area contributed by atoms with Crippen LogP contribution in [-0.4, -0.2) is 93.5 Å². The number of aliphatic hydroxyl groups is 1. The summed E-state index contributed by atoms with van der Waals surface area (Å²) in [7, 11) is 1.69. The van der Waals surface area contributed by atoms with Crippen LogP contribution in [0.3, 0.4) is 0 Å². The highest BCUT2D eigenvalue weighted by atomic mass is 16.6. The van der Waals surface area contributed by atoms with Gasteiger partial charge in [0.05, 0.1) is 36.6 Å². The van der Waals surface area contributed by atoms with Gasteiger partial charge in [-0.25, -0.2) is 0 Å². The molecule has 3 heterocycles. The summed E-state index contributed by atoms with van der Waals surface area (Å²) in [5.74, 6) is -3.47. The second kappa shape index (κ2) is 16.4. The van der Waals surface area contributed by atoms with Gasteiger partial charge in [0.15, 0.2) is 0 Å². The van der Waals surface area contributed by atoms with Crippen molar-refractivity contribution < 1.29 is 33.8 Å². The van der Waals surface area contributed by atoms with Crippen molar-refractivity contribution in [3.8, 4) is 0 Å². The number of esters is 1. The molecule has 2 aromatic rings. The fourth-order valence-corrected chi connectivity index (χ4v) is 8.30. The van der Waals surface area contributed by atoms with E-state index in [0.717, 1.165) is 5.56 Å². The lowest BCUT2D eigenvalue weighted by Crippen LogP contribution is -2.59. The minimum atomic E-state index is -1.27. The highest BCUT2D eigenvalue weighted by Gasteiger charge is 2.76. The zero-order chi connectivity index (χ0) is 36.9. The summed E-state index contributed by atoms with van der Waals surface area (Å²) in [4.78, 5) is 62.0. The van der Waals surface area contributed by atoms with Crippen LogP contribution < -0.4 is 0 Å². The topological polar surface area (TPSA) is 117 Å². The molecule has 0 saturated carbocycles. The Morgan fingerprint density at radius 1 is 1.08 bits per heavy atom. The van der Waals surface area contributed by atoms with Gasteiger partial charge >= 0.3 is 5.97 Å². The number of amides is 3. The molecular formula is C41H53N3O7. The Balaban J connectivity index is 1.52. The maximum atomic E-state index is 14.9. The molecule has 0 radical (unpaired) electrons. The van der Waals surface area contributed by atoms with Crippen molar-refractivity contribution in [3.63, 3.8) is 0 Å². The van der Waals surface area contributed by atoms with Crippen LogP contribution in [-0.2, 0) is 35.2 Å². The number of hydrogen-bond acceptors (Lipinski definition) is 7. The van der Waals surface area contributed by atoms with Gasteiger partial charge in [-0.15, -0.1) is 13.2 Å². The van der Waals surface area contributed by atoms with Gasteiger partial charge in [0, 0.05) is 26.6 Å². The molecule has 2 bridgehead atoms. The average molecular weight is 700 g/mol. The lowest BCUT2D eigenvalue weighted by atomic mass is 9.70. The number of carbonyl (C=O) groups is 4. The molecule has 3 amide bonds. The van der Waals surface area contributed by atoms with E-state index >= 15 is 0 Å². The molecule has 10 nitrogen and oxygen atoms in total. The Kier molecular flexibility index (Phi) is 12.2. The Labute approximate surface area is 302 Å². The van der Waals surface area contributed by atoms with Crippen LogP contribution in [0, 0.1) is 17.8 Å². The molecule has 1 spiro atoms. The van der Waals surface area contributed by atoms with E-state index in [9.17, 15) is 24.3 Å². The second-order valence-corrected chi connectivity index (χ2v) is 14.3. The van der Waals surface area contributed by atoms with Gasteiger partial charge in [0.25, 0.3) is 0 Å². The number of carbonyl (C=O) groups excluding carboxylic acids is 4. The van der Waals surface area contributed by atoms with E-state index in [1.54, 1.807) is 29.0 Å². The monoisotopic (exact) mass is 699 g/mol. The van der Waals surface area contributed by atoms with Crippen LogP contribution in [0.5, 0.6) is 0 Å². The van der Waals surface area contributed by atoms with Crippen LogP contribution in [0.1, 0.15) is 70.1 Å². The molecule has 3 saturated heterocycles. The standard InChI is InChI=1S/C41H53N3O7/c1-7-10-21-33(46)42(6)28(5)36(30-19-15-12-16-20-30)50-40(49)34-32-22-23-41(51-32)35(34)38(47)44(31(26-45)27(4)9-3)37(41)39(48)43(24-8-2)25-29-17-13-11-14-18-29/h7-8,11-20,27-28,31-32,34-37,45H,1-2,9-10,21-26H2,3-6H3/t27-,28+,31-,32+,34-,35-,36-,37+,41-/m0/s1. The summed E-state index contributed by atoms with van der Waals surface area (Å²) < 4.78 is 13.1. The van der Waals surface area contributed by atoms with Crippen molar-refractivity contribution in [3.05, 3.63) is 97.1 Å². The summed E-state index contributed by atoms with van der Waals surface area (Å²) in [6.07, 6.45) is 4.25.